The molecule has 32 heavy (non-hydrogen) atoms. The van der Waals surface area contributed by atoms with E-state index in [4.69, 9.17) is 0 Å². The largest absolute Gasteiger partial charge is 0.384 e. The van der Waals surface area contributed by atoms with Crippen molar-refractivity contribution < 1.29 is 14.2 Å². The zero-order valence-corrected chi connectivity index (χ0v) is 18.8. The summed E-state index contributed by atoms with van der Waals surface area (Å²) in [6, 6.07) is 10.9. The van der Waals surface area contributed by atoms with Crippen LogP contribution in [0.2, 0.25) is 0 Å². The predicted octanol–water partition coefficient (Wildman–Crippen LogP) is 2.32. The first-order valence-electron chi connectivity index (χ1n) is 10.7. The SMILES string of the molecule is C=NC=CNCc1cc2c(-c3ccc(S(=O)(=O)NCC4([NH3+])CCCC4)cc3)ccnc2[nH]1. The van der Waals surface area contributed by atoms with E-state index < -0.39 is 10.0 Å². The highest BCUT2D eigenvalue weighted by atomic mass is 32.2. The molecule has 0 amide bonds. The molecule has 6 N–H and O–H groups in total. The molecule has 1 aliphatic carbocycles. The Labute approximate surface area is 188 Å². The lowest BCUT2D eigenvalue weighted by molar-refractivity contribution is -0.472. The summed E-state index contributed by atoms with van der Waals surface area (Å²) in [5, 5.41) is 4.11. The van der Waals surface area contributed by atoms with Gasteiger partial charge >= 0.3 is 0 Å². The van der Waals surface area contributed by atoms with E-state index in [-0.39, 0.29) is 10.4 Å². The van der Waals surface area contributed by atoms with Crippen LogP contribution < -0.4 is 15.8 Å². The molecule has 2 aromatic heterocycles. The van der Waals surface area contributed by atoms with Gasteiger partial charge < -0.3 is 16.0 Å². The molecule has 8 nitrogen and oxygen atoms in total. The van der Waals surface area contributed by atoms with E-state index in [1.54, 1.807) is 30.7 Å². The molecule has 168 valence electrons. The first kappa shape index (κ1) is 22.2. The maximum Gasteiger partial charge on any atom is 0.240 e. The zero-order chi connectivity index (χ0) is 22.6. The maximum atomic E-state index is 12.8. The van der Waals surface area contributed by atoms with Crippen molar-refractivity contribution in [1.29, 1.82) is 0 Å². The van der Waals surface area contributed by atoms with Gasteiger partial charge in [0, 0.05) is 42.5 Å². The number of aromatic amines is 1. The lowest BCUT2D eigenvalue weighted by Crippen LogP contribution is -2.75. The minimum absolute atomic E-state index is 0.186. The monoisotopic (exact) mass is 453 g/mol. The first-order chi connectivity index (χ1) is 15.4. The predicted molar refractivity (Wildman–Crippen MR) is 126 cm³/mol. The number of nitrogens with zero attached hydrogens (tertiary/aromatic N) is 2. The molecule has 0 atom stereocenters. The van der Waals surface area contributed by atoms with Gasteiger partial charge in [-0.3, -0.25) is 4.99 Å². The van der Waals surface area contributed by atoms with Crippen LogP contribution in [0.1, 0.15) is 31.4 Å². The van der Waals surface area contributed by atoms with Crippen LogP contribution in [-0.4, -0.2) is 37.2 Å². The summed E-state index contributed by atoms with van der Waals surface area (Å²) in [5.74, 6) is 0. The van der Waals surface area contributed by atoms with Gasteiger partial charge in [0.25, 0.3) is 0 Å². The second-order valence-electron chi connectivity index (χ2n) is 8.35. The van der Waals surface area contributed by atoms with Gasteiger partial charge in [0.05, 0.1) is 18.0 Å². The number of aliphatic imine (C=N–C) groups is 1. The van der Waals surface area contributed by atoms with Gasteiger partial charge in [-0.05, 0) is 55.0 Å². The van der Waals surface area contributed by atoms with E-state index in [0.29, 0.717) is 13.1 Å². The van der Waals surface area contributed by atoms with Gasteiger partial charge in [-0.2, -0.15) is 0 Å². The van der Waals surface area contributed by atoms with E-state index in [1.165, 1.54) is 0 Å². The molecule has 0 bridgehead atoms. The van der Waals surface area contributed by atoms with Gasteiger partial charge in [-0.1, -0.05) is 12.1 Å². The molecule has 1 aromatic carbocycles. The Kier molecular flexibility index (Phi) is 6.40. The fraction of sp³-hybridized carbons (Fsp3) is 0.304. The smallest absolute Gasteiger partial charge is 0.240 e. The zero-order valence-electron chi connectivity index (χ0n) is 18.0. The second kappa shape index (κ2) is 9.23. The topological polar surface area (TPSA) is 127 Å². The summed E-state index contributed by atoms with van der Waals surface area (Å²) < 4.78 is 28.3. The average Bonchev–Trinajstić information content (AvgIpc) is 3.42. The summed E-state index contributed by atoms with van der Waals surface area (Å²) in [6.45, 7) is 4.37. The Hall–Kier alpha value is -3.01. The van der Waals surface area contributed by atoms with Crippen molar-refractivity contribution in [2.75, 3.05) is 6.54 Å². The van der Waals surface area contributed by atoms with E-state index in [1.807, 2.05) is 24.3 Å². The number of pyridine rings is 1. The molecule has 1 fully saturated rings. The van der Waals surface area contributed by atoms with Crippen molar-refractivity contribution in [1.82, 2.24) is 20.0 Å². The average molecular weight is 454 g/mol. The summed E-state index contributed by atoms with van der Waals surface area (Å²) in [4.78, 5) is 11.6. The van der Waals surface area contributed by atoms with Crippen molar-refractivity contribution >= 4 is 27.8 Å². The molecule has 2 heterocycles. The molecular weight excluding hydrogens is 424 g/mol. The minimum Gasteiger partial charge on any atom is -0.384 e. The number of rotatable bonds is 9. The number of sulfonamides is 1. The van der Waals surface area contributed by atoms with Crippen LogP contribution in [0.5, 0.6) is 0 Å². The van der Waals surface area contributed by atoms with E-state index in [9.17, 15) is 8.42 Å². The van der Waals surface area contributed by atoms with Crippen molar-refractivity contribution in [3.05, 3.63) is 60.7 Å². The van der Waals surface area contributed by atoms with Crippen molar-refractivity contribution in [3.8, 4) is 11.1 Å². The third-order valence-corrected chi connectivity index (χ3v) is 7.37. The van der Waals surface area contributed by atoms with Crippen molar-refractivity contribution in [2.24, 2.45) is 4.99 Å². The van der Waals surface area contributed by atoms with Crippen LogP contribution in [0.3, 0.4) is 0 Å². The summed E-state index contributed by atoms with van der Waals surface area (Å²) in [7, 11) is -3.57. The number of aromatic nitrogens is 2. The summed E-state index contributed by atoms with van der Waals surface area (Å²) >= 11 is 0. The highest BCUT2D eigenvalue weighted by Gasteiger charge is 2.34. The van der Waals surface area contributed by atoms with Crippen molar-refractivity contribution in [3.63, 3.8) is 0 Å². The normalized spacial score (nSPS) is 16.0. The van der Waals surface area contributed by atoms with Gasteiger partial charge in [-0.15, -0.1) is 0 Å². The van der Waals surface area contributed by atoms with Gasteiger partial charge in [0.1, 0.15) is 11.2 Å². The van der Waals surface area contributed by atoms with E-state index in [2.05, 4.69) is 37.5 Å². The van der Waals surface area contributed by atoms with Crippen LogP contribution in [0.15, 0.2) is 64.9 Å². The standard InChI is InChI=1S/C23H28N6O2S/c1-25-12-13-26-15-18-14-21-20(8-11-27-22(21)29-18)17-4-6-19(7-5-17)32(30,31)28-16-23(24)9-2-3-10-23/h4-8,11-14,26,28H,1-3,9-10,15-16,24H2,(H,27,29)/p+1. The maximum absolute atomic E-state index is 12.8. The Balaban J connectivity index is 1.52. The molecular formula is C23H29N6O2S+. The third kappa shape index (κ3) is 4.90. The molecule has 0 aliphatic heterocycles. The Morgan fingerprint density at radius 2 is 1.97 bits per heavy atom. The van der Waals surface area contributed by atoms with Crippen LogP contribution in [0, 0.1) is 0 Å². The fourth-order valence-electron chi connectivity index (χ4n) is 4.15. The Morgan fingerprint density at radius 1 is 1.22 bits per heavy atom. The fourth-order valence-corrected chi connectivity index (χ4v) is 5.31. The van der Waals surface area contributed by atoms with E-state index in [0.717, 1.165) is 53.5 Å². The first-order valence-corrected chi connectivity index (χ1v) is 12.1. The molecule has 0 saturated heterocycles. The molecule has 0 radical (unpaired) electrons. The van der Waals surface area contributed by atoms with Crippen LogP contribution in [0.4, 0.5) is 0 Å². The van der Waals surface area contributed by atoms with Gasteiger partial charge in [0.2, 0.25) is 10.0 Å². The number of H-pyrrole nitrogens is 1. The van der Waals surface area contributed by atoms with Crippen molar-refractivity contribution in [2.45, 2.75) is 42.7 Å². The van der Waals surface area contributed by atoms with Crippen LogP contribution >= 0.6 is 0 Å². The number of benzene rings is 1. The molecule has 1 aliphatic rings. The number of hydrogen-bond donors (Lipinski definition) is 4. The molecule has 0 spiro atoms. The second-order valence-corrected chi connectivity index (χ2v) is 10.1. The van der Waals surface area contributed by atoms with Crippen LogP contribution in [0.25, 0.3) is 22.2 Å². The summed E-state index contributed by atoms with van der Waals surface area (Å²) in [5.41, 5.74) is 7.71. The minimum atomic E-state index is -3.57. The molecule has 0 unspecified atom stereocenters. The molecule has 9 heteroatoms. The Morgan fingerprint density at radius 3 is 2.69 bits per heavy atom. The van der Waals surface area contributed by atoms with Gasteiger partial charge in [0.15, 0.2) is 0 Å². The number of hydrogen-bond acceptors (Lipinski definition) is 5. The number of fused-ring (bicyclic) bond motifs is 1. The molecule has 1 saturated carbocycles. The highest BCUT2D eigenvalue weighted by molar-refractivity contribution is 7.89. The van der Waals surface area contributed by atoms with E-state index >= 15 is 0 Å². The number of quaternary nitrogens is 1. The summed E-state index contributed by atoms with van der Waals surface area (Å²) in [6.07, 6.45) is 9.20. The molecule has 3 aromatic rings. The van der Waals surface area contributed by atoms with Crippen LogP contribution in [-0.2, 0) is 16.6 Å². The Bertz CT molecular complexity index is 1230. The molecule has 4 rings (SSSR count). The quantitative estimate of drug-likeness (QED) is 0.371. The number of nitrogens with one attached hydrogen (secondary N) is 3. The third-order valence-electron chi connectivity index (χ3n) is 5.95. The van der Waals surface area contributed by atoms with Gasteiger partial charge in [-0.25, -0.2) is 18.1 Å². The lowest BCUT2D eigenvalue weighted by Gasteiger charge is -2.20. The highest BCUT2D eigenvalue weighted by Crippen LogP contribution is 2.29. The lowest BCUT2D eigenvalue weighted by atomic mass is 10.0.